The lowest BCUT2D eigenvalue weighted by Gasteiger charge is -1.98. The molecule has 0 saturated carbocycles. The quantitative estimate of drug-likeness (QED) is 0.448. The van der Waals surface area contributed by atoms with E-state index in [1.54, 1.807) is 11.3 Å². The number of hydrogen-bond acceptors (Lipinski definition) is 3. The molecule has 0 fully saturated rings. The number of thiophene rings is 1. The summed E-state index contributed by atoms with van der Waals surface area (Å²) in [6.45, 7) is 0. The summed E-state index contributed by atoms with van der Waals surface area (Å²) in [6.07, 6.45) is 3.33. The van der Waals surface area contributed by atoms with E-state index < -0.39 is 0 Å². The van der Waals surface area contributed by atoms with Crippen molar-refractivity contribution in [2.75, 3.05) is 5.73 Å². The van der Waals surface area contributed by atoms with E-state index in [2.05, 4.69) is 0 Å². The van der Waals surface area contributed by atoms with Crippen LogP contribution in [0.15, 0.2) is 0 Å². The number of aryl methyl sites for hydroxylation is 1. The molecule has 0 bridgehead atoms. The fraction of sp³-hybridized carbons (Fsp3) is 0.375. The van der Waals surface area contributed by atoms with Crippen LogP contribution in [0.25, 0.3) is 0 Å². The predicted octanol–water partition coefficient (Wildman–Crippen LogP) is 1.10. The SMILES string of the molecule is N=C(N)c1c(N)sc2c1CCC2. The van der Waals surface area contributed by atoms with Gasteiger partial charge in [-0.15, -0.1) is 11.3 Å². The molecule has 0 aromatic carbocycles. The first-order valence-electron chi connectivity index (χ1n) is 3.94. The van der Waals surface area contributed by atoms with E-state index >= 15 is 0 Å². The smallest absolute Gasteiger partial charge is 0.126 e. The molecule has 3 nitrogen and oxygen atoms in total. The minimum atomic E-state index is 0.118. The summed E-state index contributed by atoms with van der Waals surface area (Å²) in [5.74, 6) is 0.118. The lowest BCUT2D eigenvalue weighted by molar-refractivity contribution is 0.914. The van der Waals surface area contributed by atoms with E-state index in [9.17, 15) is 0 Å². The van der Waals surface area contributed by atoms with Gasteiger partial charge in [0.05, 0.1) is 10.6 Å². The summed E-state index contributed by atoms with van der Waals surface area (Å²) in [6, 6.07) is 0. The van der Waals surface area contributed by atoms with Crippen molar-refractivity contribution in [1.29, 1.82) is 5.41 Å². The van der Waals surface area contributed by atoms with Crippen LogP contribution >= 0.6 is 11.3 Å². The number of nitrogen functional groups attached to an aromatic ring is 2. The normalized spacial score (nSPS) is 14.7. The standard InChI is InChI=1S/C8H11N3S/c9-7(10)6-4-2-1-3-5(4)12-8(6)11/h1-3,11H2,(H3,9,10). The van der Waals surface area contributed by atoms with Crippen LogP contribution in [0.2, 0.25) is 0 Å². The Balaban J connectivity index is 2.59. The van der Waals surface area contributed by atoms with E-state index in [1.807, 2.05) is 0 Å². The average molecular weight is 181 g/mol. The van der Waals surface area contributed by atoms with Crippen molar-refractivity contribution < 1.29 is 0 Å². The van der Waals surface area contributed by atoms with Crippen molar-refractivity contribution in [1.82, 2.24) is 0 Å². The first-order chi connectivity index (χ1) is 5.70. The van der Waals surface area contributed by atoms with Gasteiger partial charge in [-0.1, -0.05) is 0 Å². The maximum absolute atomic E-state index is 7.37. The minimum absolute atomic E-state index is 0.118. The van der Waals surface area contributed by atoms with Gasteiger partial charge in [0.15, 0.2) is 0 Å². The highest BCUT2D eigenvalue weighted by Crippen LogP contribution is 2.36. The summed E-state index contributed by atoms with van der Waals surface area (Å²) >= 11 is 1.59. The maximum Gasteiger partial charge on any atom is 0.126 e. The van der Waals surface area contributed by atoms with Crippen LogP contribution in [-0.2, 0) is 12.8 Å². The molecule has 12 heavy (non-hydrogen) atoms. The zero-order valence-electron chi connectivity index (χ0n) is 6.68. The molecule has 64 valence electrons. The number of anilines is 1. The van der Waals surface area contributed by atoms with Crippen LogP contribution in [0.1, 0.15) is 22.4 Å². The molecule has 0 aliphatic heterocycles. The van der Waals surface area contributed by atoms with Crippen LogP contribution < -0.4 is 11.5 Å². The third kappa shape index (κ3) is 0.914. The molecule has 1 aromatic rings. The molecule has 0 unspecified atom stereocenters. The van der Waals surface area contributed by atoms with Gasteiger partial charge in [-0.05, 0) is 24.8 Å². The molecular weight excluding hydrogens is 170 g/mol. The molecule has 0 atom stereocenters. The van der Waals surface area contributed by atoms with Gasteiger partial charge in [0.25, 0.3) is 0 Å². The number of nitrogens with two attached hydrogens (primary N) is 2. The highest BCUT2D eigenvalue weighted by atomic mass is 32.1. The van der Waals surface area contributed by atoms with Gasteiger partial charge in [-0.25, -0.2) is 0 Å². The first-order valence-corrected chi connectivity index (χ1v) is 4.76. The predicted molar refractivity (Wildman–Crippen MR) is 51.8 cm³/mol. The highest BCUT2D eigenvalue weighted by Gasteiger charge is 2.21. The molecule has 1 aromatic heterocycles. The third-order valence-electron chi connectivity index (χ3n) is 2.22. The summed E-state index contributed by atoms with van der Waals surface area (Å²) in [4.78, 5) is 1.33. The van der Waals surface area contributed by atoms with E-state index in [1.165, 1.54) is 16.9 Å². The second-order valence-corrected chi connectivity index (χ2v) is 4.15. The van der Waals surface area contributed by atoms with E-state index in [-0.39, 0.29) is 5.84 Å². The van der Waals surface area contributed by atoms with Crippen LogP contribution in [0.3, 0.4) is 0 Å². The number of hydrogen-bond donors (Lipinski definition) is 3. The van der Waals surface area contributed by atoms with Gasteiger partial charge < -0.3 is 11.5 Å². The molecule has 5 N–H and O–H groups in total. The van der Waals surface area contributed by atoms with E-state index in [0.29, 0.717) is 5.00 Å². The molecule has 0 amide bonds. The number of rotatable bonds is 1. The first kappa shape index (κ1) is 7.61. The van der Waals surface area contributed by atoms with Crippen LogP contribution in [0.5, 0.6) is 0 Å². The maximum atomic E-state index is 7.37. The van der Waals surface area contributed by atoms with Crippen LogP contribution in [-0.4, -0.2) is 5.84 Å². The van der Waals surface area contributed by atoms with Gasteiger partial charge >= 0.3 is 0 Å². The summed E-state index contributed by atoms with van der Waals surface area (Å²) < 4.78 is 0. The van der Waals surface area contributed by atoms with Crippen molar-refractivity contribution >= 4 is 22.2 Å². The van der Waals surface area contributed by atoms with Gasteiger partial charge in [0, 0.05) is 4.88 Å². The van der Waals surface area contributed by atoms with Crippen LogP contribution in [0.4, 0.5) is 5.00 Å². The topological polar surface area (TPSA) is 75.9 Å². The van der Waals surface area contributed by atoms with Crippen LogP contribution in [0, 0.1) is 5.41 Å². The van der Waals surface area contributed by atoms with Gasteiger partial charge in [-0.2, -0.15) is 0 Å². The minimum Gasteiger partial charge on any atom is -0.390 e. The average Bonchev–Trinajstić information content (AvgIpc) is 2.44. The molecule has 4 heteroatoms. The van der Waals surface area contributed by atoms with E-state index in [0.717, 1.165) is 18.4 Å². The Morgan fingerprint density at radius 1 is 1.42 bits per heavy atom. The Morgan fingerprint density at radius 2 is 2.17 bits per heavy atom. The van der Waals surface area contributed by atoms with Gasteiger partial charge in [-0.3, -0.25) is 5.41 Å². The number of amidine groups is 1. The highest BCUT2D eigenvalue weighted by molar-refractivity contribution is 7.16. The largest absolute Gasteiger partial charge is 0.390 e. The monoisotopic (exact) mass is 181 g/mol. The molecule has 1 heterocycles. The third-order valence-corrected chi connectivity index (χ3v) is 3.34. The summed E-state index contributed by atoms with van der Waals surface area (Å²) in [7, 11) is 0. The van der Waals surface area contributed by atoms with Gasteiger partial charge in [0.2, 0.25) is 0 Å². The fourth-order valence-corrected chi connectivity index (χ4v) is 2.90. The molecule has 0 spiro atoms. The molecule has 0 saturated heterocycles. The fourth-order valence-electron chi connectivity index (χ4n) is 1.72. The summed E-state index contributed by atoms with van der Waals surface area (Å²) in [5, 5.41) is 8.08. The van der Waals surface area contributed by atoms with Crippen molar-refractivity contribution in [3.63, 3.8) is 0 Å². The molecule has 0 radical (unpaired) electrons. The van der Waals surface area contributed by atoms with Crippen molar-refractivity contribution in [2.45, 2.75) is 19.3 Å². The summed E-state index contributed by atoms with van der Waals surface area (Å²) in [5.41, 5.74) is 13.2. The Morgan fingerprint density at radius 3 is 2.83 bits per heavy atom. The van der Waals surface area contributed by atoms with Crippen molar-refractivity contribution in [3.8, 4) is 0 Å². The van der Waals surface area contributed by atoms with Crippen molar-refractivity contribution in [3.05, 3.63) is 16.0 Å². The van der Waals surface area contributed by atoms with Gasteiger partial charge in [0.1, 0.15) is 5.84 Å². The Kier molecular flexibility index (Phi) is 1.58. The molecular formula is C8H11N3S. The Labute approximate surface area is 74.9 Å². The lowest BCUT2D eigenvalue weighted by Crippen LogP contribution is -2.13. The molecule has 2 rings (SSSR count). The van der Waals surface area contributed by atoms with Crippen molar-refractivity contribution in [2.24, 2.45) is 5.73 Å². The second kappa shape index (κ2) is 2.48. The molecule has 1 aliphatic carbocycles. The Hall–Kier alpha value is -1.03. The molecule has 1 aliphatic rings. The lowest BCUT2D eigenvalue weighted by atomic mass is 10.1. The number of fused-ring (bicyclic) bond motifs is 1. The second-order valence-electron chi connectivity index (χ2n) is 3.01. The van der Waals surface area contributed by atoms with E-state index in [4.69, 9.17) is 16.9 Å². The zero-order valence-corrected chi connectivity index (χ0v) is 7.50. The number of nitrogens with one attached hydrogen (secondary N) is 1. The Bertz CT molecular complexity index is 340. The zero-order chi connectivity index (χ0) is 8.72.